The van der Waals surface area contributed by atoms with Gasteiger partial charge >= 0.3 is 5.97 Å². The highest BCUT2D eigenvalue weighted by Crippen LogP contribution is 2.55. The molecule has 3 aliphatic rings. The van der Waals surface area contributed by atoms with Crippen molar-refractivity contribution in [2.24, 2.45) is 5.41 Å². The number of anilines is 2. The van der Waals surface area contributed by atoms with Crippen molar-refractivity contribution in [3.05, 3.63) is 60.2 Å². The second-order valence-corrected chi connectivity index (χ2v) is 8.05. The topological polar surface area (TPSA) is 67.8 Å². The van der Waals surface area contributed by atoms with Crippen molar-refractivity contribution >= 4 is 17.3 Å². The van der Waals surface area contributed by atoms with Crippen LogP contribution in [0.2, 0.25) is 0 Å². The second-order valence-electron chi connectivity index (χ2n) is 8.05. The normalized spacial score (nSPS) is 26.1. The summed E-state index contributed by atoms with van der Waals surface area (Å²) in [5.41, 5.74) is 3.33. The van der Waals surface area contributed by atoms with Gasteiger partial charge in [0, 0.05) is 18.0 Å². The minimum absolute atomic E-state index is 0.139. The van der Waals surface area contributed by atoms with E-state index in [0.717, 1.165) is 50.1 Å². The fourth-order valence-corrected chi connectivity index (χ4v) is 4.47. The van der Waals surface area contributed by atoms with E-state index in [1.807, 2.05) is 18.2 Å². The maximum absolute atomic E-state index is 10.6. The summed E-state index contributed by atoms with van der Waals surface area (Å²) >= 11 is 0. The minimum Gasteiger partial charge on any atom is -0.480 e. The molecule has 2 aliphatic heterocycles. The first kappa shape index (κ1) is 19.0. The molecule has 2 heterocycles. The molecule has 28 heavy (non-hydrogen) atoms. The highest BCUT2D eigenvalue weighted by atomic mass is 16.5. The van der Waals surface area contributed by atoms with Gasteiger partial charge in [-0.05, 0) is 67.3 Å². The molecule has 0 atom stereocenters. The summed E-state index contributed by atoms with van der Waals surface area (Å²) in [6, 6.07) is 18.7. The number of carbonyl (C=O) groups is 1. The van der Waals surface area contributed by atoms with Crippen LogP contribution in [0.25, 0.3) is 0 Å². The highest BCUT2D eigenvalue weighted by molar-refractivity contribution is 5.68. The summed E-state index contributed by atoms with van der Waals surface area (Å²) in [5, 5.41) is 12.2. The Morgan fingerprint density at radius 1 is 1.04 bits per heavy atom. The van der Waals surface area contributed by atoms with Crippen LogP contribution in [0.1, 0.15) is 37.7 Å². The summed E-state index contributed by atoms with van der Waals surface area (Å²) in [4.78, 5) is 10.6. The first-order valence-electron chi connectivity index (χ1n) is 9.95. The Labute approximate surface area is 165 Å². The Morgan fingerprint density at radius 3 is 2.46 bits per heavy atom. The molecule has 5 rings (SSSR count). The molecular weight excluding hydrogens is 354 g/mol. The molecule has 2 bridgehead atoms. The number of benzene rings is 2. The predicted octanol–water partition coefficient (Wildman–Crippen LogP) is 4.71. The quantitative estimate of drug-likeness (QED) is 0.648. The molecule has 0 unspecified atom stereocenters. The largest absolute Gasteiger partial charge is 0.480 e. The lowest BCUT2D eigenvalue weighted by Gasteiger charge is -2.53. The summed E-state index contributed by atoms with van der Waals surface area (Å²) in [7, 11) is 0. The van der Waals surface area contributed by atoms with Gasteiger partial charge in [0.05, 0.1) is 12.2 Å². The first-order valence-corrected chi connectivity index (χ1v) is 9.95. The molecule has 0 aromatic heterocycles. The van der Waals surface area contributed by atoms with Crippen molar-refractivity contribution in [3.8, 4) is 0 Å². The Hall–Kier alpha value is -2.37. The third-order valence-electron chi connectivity index (χ3n) is 6.23. The number of nitrogens with one attached hydrogen (secondary N) is 1. The predicted molar refractivity (Wildman–Crippen MR) is 108 cm³/mol. The molecule has 1 aliphatic carbocycles. The number of hydrogen-bond acceptors (Lipinski definition) is 4. The standard InChI is InChI=1S/C23H27NO4/c25-21(26)16-27-14-13-22-9-11-23(12-10-22,28-17-22)18-5-4-8-20(15-18)24-19-6-2-1-3-7-19/h1-8,15,24H,9-14,16-17H2,(H,25,26). The molecule has 5 nitrogen and oxygen atoms in total. The molecule has 0 amide bonds. The van der Waals surface area contributed by atoms with Crippen LogP contribution in [0.3, 0.4) is 0 Å². The Bertz CT molecular complexity index is 796. The number of fused-ring (bicyclic) bond motifs is 3. The number of ether oxygens (including phenoxy) is 2. The van der Waals surface area contributed by atoms with Crippen molar-refractivity contribution in [2.75, 3.05) is 25.1 Å². The third kappa shape index (κ3) is 4.05. The fourth-order valence-electron chi connectivity index (χ4n) is 4.47. The molecular formula is C23H27NO4. The van der Waals surface area contributed by atoms with E-state index in [-0.39, 0.29) is 17.6 Å². The number of carboxylic acids is 1. The zero-order chi connectivity index (χ0) is 19.5. The van der Waals surface area contributed by atoms with Gasteiger partial charge in [0.25, 0.3) is 0 Å². The van der Waals surface area contributed by atoms with Gasteiger partial charge < -0.3 is 19.9 Å². The van der Waals surface area contributed by atoms with Crippen LogP contribution >= 0.6 is 0 Å². The summed E-state index contributed by atoms with van der Waals surface area (Å²) in [6.07, 6.45) is 5.06. The molecule has 0 spiro atoms. The fraction of sp³-hybridized carbons (Fsp3) is 0.435. The Kier molecular flexibility index (Phi) is 5.38. The van der Waals surface area contributed by atoms with Gasteiger partial charge in [0.15, 0.2) is 0 Å². The van der Waals surface area contributed by atoms with E-state index in [0.29, 0.717) is 6.61 Å². The van der Waals surface area contributed by atoms with E-state index in [2.05, 4.69) is 41.7 Å². The van der Waals surface area contributed by atoms with Crippen molar-refractivity contribution in [1.82, 2.24) is 0 Å². The van der Waals surface area contributed by atoms with Crippen molar-refractivity contribution in [1.29, 1.82) is 0 Å². The van der Waals surface area contributed by atoms with Crippen LogP contribution < -0.4 is 5.32 Å². The van der Waals surface area contributed by atoms with Crippen LogP contribution in [0.4, 0.5) is 11.4 Å². The SMILES string of the molecule is O=C(O)COCCC12CCC(c3cccc(Nc4ccccc4)c3)(CC1)OC2. The lowest BCUT2D eigenvalue weighted by atomic mass is 9.63. The van der Waals surface area contributed by atoms with Crippen LogP contribution in [0.15, 0.2) is 54.6 Å². The number of aliphatic carboxylic acids is 1. The van der Waals surface area contributed by atoms with Gasteiger partial charge in [0.1, 0.15) is 6.61 Å². The van der Waals surface area contributed by atoms with E-state index in [9.17, 15) is 4.79 Å². The van der Waals surface area contributed by atoms with E-state index >= 15 is 0 Å². The van der Waals surface area contributed by atoms with E-state index < -0.39 is 5.97 Å². The second kappa shape index (κ2) is 7.94. The van der Waals surface area contributed by atoms with Gasteiger partial charge in [-0.1, -0.05) is 30.3 Å². The molecule has 2 aromatic carbocycles. The maximum Gasteiger partial charge on any atom is 0.329 e. The average molecular weight is 381 g/mol. The molecule has 148 valence electrons. The smallest absolute Gasteiger partial charge is 0.329 e. The lowest BCUT2D eigenvalue weighted by Crippen LogP contribution is -2.49. The van der Waals surface area contributed by atoms with Gasteiger partial charge in [0.2, 0.25) is 0 Å². The number of rotatable bonds is 8. The number of hydrogen-bond donors (Lipinski definition) is 2. The molecule has 1 saturated carbocycles. The highest BCUT2D eigenvalue weighted by Gasteiger charge is 2.50. The Morgan fingerprint density at radius 2 is 1.79 bits per heavy atom. The van der Waals surface area contributed by atoms with Gasteiger partial charge in [-0.3, -0.25) is 0 Å². The first-order chi connectivity index (χ1) is 13.6. The molecule has 3 fully saturated rings. The third-order valence-corrected chi connectivity index (χ3v) is 6.23. The van der Waals surface area contributed by atoms with E-state index in [4.69, 9.17) is 14.6 Å². The molecule has 5 heteroatoms. The summed E-state index contributed by atoms with van der Waals surface area (Å²) < 4.78 is 11.7. The number of para-hydroxylation sites is 1. The molecule has 2 aromatic rings. The monoisotopic (exact) mass is 381 g/mol. The van der Waals surface area contributed by atoms with E-state index in [1.54, 1.807) is 0 Å². The molecule has 0 radical (unpaired) electrons. The maximum atomic E-state index is 10.6. The molecule has 2 saturated heterocycles. The van der Waals surface area contributed by atoms with Gasteiger partial charge in [-0.15, -0.1) is 0 Å². The van der Waals surface area contributed by atoms with Crippen LogP contribution in [-0.2, 0) is 19.9 Å². The van der Waals surface area contributed by atoms with Crippen molar-refractivity contribution in [2.45, 2.75) is 37.7 Å². The molecule has 2 N–H and O–H groups in total. The average Bonchev–Trinajstić information content (AvgIpc) is 2.74. The lowest BCUT2D eigenvalue weighted by molar-refractivity contribution is -0.194. The van der Waals surface area contributed by atoms with Crippen LogP contribution in [-0.4, -0.2) is 30.9 Å². The summed E-state index contributed by atoms with van der Waals surface area (Å²) in [6.45, 7) is 0.987. The zero-order valence-corrected chi connectivity index (χ0v) is 16.0. The zero-order valence-electron chi connectivity index (χ0n) is 16.0. The summed E-state index contributed by atoms with van der Waals surface area (Å²) in [5.74, 6) is -0.913. The minimum atomic E-state index is -0.913. The van der Waals surface area contributed by atoms with Crippen LogP contribution in [0.5, 0.6) is 0 Å². The van der Waals surface area contributed by atoms with Gasteiger partial charge in [-0.25, -0.2) is 4.79 Å². The van der Waals surface area contributed by atoms with Crippen molar-refractivity contribution < 1.29 is 19.4 Å². The van der Waals surface area contributed by atoms with Crippen molar-refractivity contribution in [3.63, 3.8) is 0 Å². The van der Waals surface area contributed by atoms with Crippen LogP contribution in [0, 0.1) is 5.41 Å². The number of carboxylic acid groups (broad SMARTS) is 1. The van der Waals surface area contributed by atoms with Gasteiger partial charge in [-0.2, -0.15) is 0 Å². The van der Waals surface area contributed by atoms with E-state index in [1.165, 1.54) is 5.56 Å². The Balaban J connectivity index is 1.40.